The molecule has 156 valence electrons. The third-order valence-corrected chi connectivity index (χ3v) is 5.83. The van der Waals surface area contributed by atoms with Crippen LogP contribution in [0.2, 0.25) is 0 Å². The molecule has 7 heteroatoms. The number of carbonyl (C=O) groups excluding carboxylic acids is 3. The van der Waals surface area contributed by atoms with Gasteiger partial charge in [-0.05, 0) is 41.7 Å². The summed E-state index contributed by atoms with van der Waals surface area (Å²) in [5, 5.41) is 5.77. The number of nitrogens with two attached hydrogens (primary N) is 1. The molecule has 2 aliphatic rings. The molecule has 7 nitrogen and oxygen atoms in total. The van der Waals surface area contributed by atoms with Crippen molar-refractivity contribution < 1.29 is 14.4 Å². The quantitative estimate of drug-likeness (QED) is 0.634. The Balaban J connectivity index is 1.42. The average molecular weight is 406 g/mol. The fourth-order valence-corrected chi connectivity index (χ4v) is 4.10. The maximum absolute atomic E-state index is 12.9. The van der Waals surface area contributed by atoms with Gasteiger partial charge in [0.1, 0.15) is 6.04 Å². The van der Waals surface area contributed by atoms with Crippen LogP contribution in [0.15, 0.2) is 42.5 Å². The van der Waals surface area contributed by atoms with Crippen LogP contribution in [0.3, 0.4) is 0 Å². The molecule has 1 fully saturated rings. The summed E-state index contributed by atoms with van der Waals surface area (Å²) in [5.41, 5.74) is 10.8. The zero-order chi connectivity index (χ0) is 21.3. The number of nitrogens with zero attached hydrogens (tertiary/aromatic N) is 1. The maximum atomic E-state index is 12.9. The number of piperidine rings is 1. The molecule has 0 spiro atoms. The van der Waals surface area contributed by atoms with Gasteiger partial charge in [0, 0.05) is 37.7 Å². The predicted molar refractivity (Wildman–Crippen MR) is 112 cm³/mol. The van der Waals surface area contributed by atoms with Crippen molar-refractivity contribution in [3.63, 3.8) is 0 Å². The second kappa shape index (κ2) is 8.38. The summed E-state index contributed by atoms with van der Waals surface area (Å²) in [5.74, 6) is -0.811. The minimum Gasteiger partial charge on any atom is -0.324 e. The van der Waals surface area contributed by atoms with E-state index in [4.69, 9.17) is 5.73 Å². The van der Waals surface area contributed by atoms with Gasteiger partial charge in [-0.3, -0.25) is 19.7 Å². The van der Waals surface area contributed by atoms with E-state index in [9.17, 15) is 14.4 Å². The fraction of sp³-hybridized carbons (Fsp3) is 0.348. The first-order chi connectivity index (χ1) is 14.4. The van der Waals surface area contributed by atoms with E-state index in [1.807, 2.05) is 31.2 Å². The predicted octanol–water partition coefficient (Wildman–Crippen LogP) is 1.76. The number of hydrogen-bond acceptors (Lipinski definition) is 5. The number of nitrogens with one attached hydrogen (secondary N) is 2. The molecule has 2 atom stereocenters. The molecule has 30 heavy (non-hydrogen) atoms. The second-order valence-electron chi connectivity index (χ2n) is 7.98. The van der Waals surface area contributed by atoms with Gasteiger partial charge in [0.2, 0.25) is 11.8 Å². The standard InChI is InChI=1S/C23H26N4O3/c1-14(24)16-7-5-15(6-8-16)11-25-12-17-3-2-4-18-19(17)13-27(23(18)30)20-9-10-21(28)26-22(20)29/h2-8,14,20,25H,9-13,24H2,1H3,(H,26,28,29). The lowest BCUT2D eigenvalue weighted by Gasteiger charge is -2.29. The number of benzene rings is 2. The summed E-state index contributed by atoms with van der Waals surface area (Å²) in [7, 11) is 0. The van der Waals surface area contributed by atoms with Crippen LogP contribution >= 0.6 is 0 Å². The van der Waals surface area contributed by atoms with Crippen molar-refractivity contribution in [1.29, 1.82) is 0 Å². The Hall–Kier alpha value is -3.03. The van der Waals surface area contributed by atoms with Crippen molar-refractivity contribution in [3.05, 3.63) is 70.3 Å². The molecule has 4 N–H and O–H groups in total. The first-order valence-electron chi connectivity index (χ1n) is 10.2. The smallest absolute Gasteiger partial charge is 0.255 e. The highest BCUT2D eigenvalue weighted by Crippen LogP contribution is 2.29. The molecule has 0 aromatic heterocycles. The lowest BCUT2D eigenvalue weighted by molar-refractivity contribution is -0.136. The summed E-state index contributed by atoms with van der Waals surface area (Å²) >= 11 is 0. The van der Waals surface area contributed by atoms with E-state index in [0.29, 0.717) is 31.6 Å². The monoisotopic (exact) mass is 406 g/mol. The highest BCUT2D eigenvalue weighted by atomic mass is 16.2. The van der Waals surface area contributed by atoms with Crippen molar-refractivity contribution in [2.24, 2.45) is 5.73 Å². The van der Waals surface area contributed by atoms with Crippen molar-refractivity contribution in [1.82, 2.24) is 15.5 Å². The SMILES string of the molecule is CC(N)c1ccc(CNCc2cccc3c2CN(C2CCC(=O)NC2=O)C3=O)cc1. The van der Waals surface area contributed by atoms with Crippen LogP contribution in [0.4, 0.5) is 0 Å². The van der Waals surface area contributed by atoms with E-state index >= 15 is 0 Å². The molecule has 2 aliphatic heterocycles. The molecule has 3 amide bonds. The number of fused-ring (bicyclic) bond motifs is 1. The van der Waals surface area contributed by atoms with E-state index in [-0.39, 0.29) is 30.2 Å². The number of rotatable bonds is 6. The Morgan fingerprint density at radius 1 is 1.13 bits per heavy atom. The molecule has 2 aromatic rings. The van der Waals surface area contributed by atoms with Crippen LogP contribution in [-0.2, 0) is 29.2 Å². The van der Waals surface area contributed by atoms with Crippen molar-refractivity contribution >= 4 is 17.7 Å². The molecule has 4 rings (SSSR count). The van der Waals surface area contributed by atoms with Crippen molar-refractivity contribution in [2.75, 3.05) is 0 Å². The Kier molecular flexibility index (Phi) is 5.65. The molecule has 0 radical (unpaired) electrons. The van der Waals surface area contributed by atoms with E-state index in [0.717, 1.165) is 22.3 Å². The van der Waals surface area contributed by atoms with Gasteiger partial charge in [0.05, 0.1) is 0 Å². The van der Waals surface area contributed by atoms with Crippen LogP contribution in [0, 0.1) is 0 Å². The highest BCUT2D eigenvalue weighted by molar-refractivity contribution is 6.05. The zero-order valence-corrected chi connectivity index (χ0v) is 17.0. The molecule has 0 saturated carbocycles. The van der Waals surface area contributed by atoms with Gasteiger partial charge in [0.25, 0.3) is 5.91 Å². The number of amides is 3. The van der Waals surface area contributed by atoms with Crippen molar-refractivity contribution in [2.45, 2.75) is 51.5 Å². The molecular formula is C23H26N4O3. The van der Waals surface area contributed by atoms with Crippen LogP contribution < -0.4 is 16.4 Å². The van der Waals surface area contributed by atoms with Crippen LogP contribution in [0.1, 0.15) is 58.4 Å². The Morgan fingerprint density at radius 3 is 2.60 bits per heavy atom. The number of carbonyl (C=O) groups is 3. The summed E-state index contributed by atoms with van der Waals surface area (Å²) in [6.07, 6.45) is 0.627. The second-order valence-corrected chi connectivity index (χ2v) is 7.98. The van der Waals surface area contributed by atoms with Gasteiger partial charge >= 0.3 is 0 Å². The maximum Gasteiger partial charge on any atom is 0.255 e. The molecule has 1 saturated heterocycles. The third kappa shape index (κ3) is 3.99. The molecule has 0 bridgehead atoms. The van der Waals surface area contributed by atoms with E-state index in [2.05, 4.69) is 22.8 Å². The van der Waals surface area contributed by atoms with Crippen LogP contribution in [0.5, 0.6) is 0 Å². The van der Waals surface area contributed by atoms with Crippen LogP contribution in [0.25, 0.3) is 0 Å². The van der Waals surface area contributed by atoms with Gasteiger partial charge in [0.15, 0.2) is 0 Å². The molecule has 2 unspecified atom stereocenters. The van der Waals surface area contributed by atoms with Gasteiger partial charge in [-0.1, -0.05) is 36.4 Å². The largest absolute Gasteiger partial charge is 0.324 e. The lowest BCUT2D eigenvalue weighted by Crippen LogP contribution is -2.52. The topological polar surface area (TPSA) is 105 Å². The molecule has 2 heterocycles. The van der Waals surface area contributed by atoms with Gasteiger partial charge in [-0.25, -0.2) is 0 Å². The summed E-state index contributed by atoms with van der Waals surface area (Å²) in [6, 6.07) is 13.3. The van der Waals surface area contributed by atoms with E-state index < -0.39 is 6.04 Å². The first kappa shape index (κ1) is 20.3. The molecule has 0 aliphatic carbocycles. The number of imide groups is 1. The summed E-state index contributed by atoms with van der Waals surface area (Å²) < 4.78 is 0. The molecular weight excluding hydrogens is 380 g/mol. The van der Waals surface area contributed by atoms with Gasteiger partial charge in [-0.15, -0.1) is 0 Å². The Morgan fingerprint density at radius 2 is 1.90 bits per heavy atom. The average Bonchev–Trinajstić information content (AvgIpc) is 3.06. The lowest BCUT2D eigenvalue weighted by atomic mass is 10.0. The third-order valence-electron chi connectivity index (χ3n) is 5.83. The zero-order valence-electron chi connectivity index (χ0n) is 17.0. The fourth-order valence-electron chi connectivity index (χ4n) is 4.10. The summed E-state index contributed by atoms with van der Waals surface area (Å²) in [6.45, 7) is 3.67. The van der Waals surface area contributed by atoms with Crippen LogP contribution in [-0.4, -0.2) is 28.7 Å². The minimum atomic E-state index is -0.591. The van der Waals surface area contributed by atoms with Crippen molar-refractivity contribution in [3.8, 4) is 0 Å². The Labute approximate surface area is 175 Å². The minimum absolute atomic E-state index is 0.0174. The van der Waals surface area contributed by atoms with Gasteiger partial charge < -0.3 is 16.0 Å². The van der Waals surface area contributed by atoms with E-state index in [1.165, 1.54) is 0 Å². The highest BCUT2D eigenvalue weighted by Gasteiger charge is 2.39. The van der Waals surface area contributed by atoms with E-state index in [1.54, 1.807) is 11.0 Å². The van der Waals surface area contributed by atoms with Gasteiger partial charge in [-0.2, -0.15) is 0 Å². The number of hydrogen-bond donors (Lipinski definition) is 3. The normalized spacial score (nSPS) is 19.6. The molecule has 2 aromatic carbocycles. The first-order valence-corrected chi connectivity index (χ1v) is 10.2. The Bertz CT molecular complexity index is 984. The summed E-state index contributed by atoms with van der Waals surface area (Å²) in [4.78, 5) is 38.1.